The Bertz CT molecular complexity index is 738. The van der Waals surface area contributed by atoms with Crippen LogP contribution in [0.2, 0.25) is 0 Å². The molecule has 0 fully saturated rings. The summed E-state index contributed by atoms with van der Waals surface area (Å²) < 4.78 is 10.2. The van der Waals surface area contributed by atoms with Gasteiger partial charge >= 0.3 is 12.1 Å². The summed E-state index contributed by atoms with van der Waals surface area (Å²) in [5.41, 5.74) is 0.224. The van der Waals surface area contributed by atoms with Crippen LogP contribution in [0.1, 0.15) is 53.5 Å². The number of hydrogen-bond acceptors (Lipinski definition) is 5. The van der Waals surface area contributed by atoms with Gasteiger partial charge in [-0.05, 0) is 45.6 Å². The number of amides is 2. The average molecular weight is 433 g/mol. The molecule has 0 bridgehead atoms. The summed E-state index contributed by atoms with van der Waals surface area (Å²) in [4.78, 5) is 37.1. The molecule has 0 saturated heterocycles. The van der Waals surface area contributed by atoms with Gasteiger partial charge in [0.2, 0.25) is 5.91 Å². The average Bonchev–Trinajstić information content (AvgIpc) is 2.64. The van der Waals surface area contributed by atoms with Gasteiger partial charge in [-0.1, -0.05) is 50.3 Å². The second-order valence-electron chi connectivity index (χ2n) is 8.74. The van der Waals surface area contributed by atoms with E-state index in [1.54, 1.807) is 33.8 Å². The van der Waals surface area contributed by atoms with Crippen molar-refractivity contribution in [1.29, 1.82) is 0 Å². The highest BCUT2D eigenvalue weighted by Gasteiger charge is 2.26. The topological polar surface area (TPSA) is 93.7 Å². The lowest BCUT2D eigenvalue weighted by Crippen LogP contribution is -2.51. The molecule has 2 N–H and O–H groups in total. The molecular formula is C24H36N2O5. The van der Waals surface area contributed by atoms with Gasteiger partial charge in [0.05, 0.1) is 6.61 Å². The van der Waals surface area contributed by atoms with E-state index in [0.717, 1.165) is 5.56 Å². The number of hydrogen-bond donors (Lipinski definition) is 2. The van der Waals surface area contributed by atoms with E-state index in [2.05, 4.69) is 10.6 Å². The number of esters is 1. The first-order valence-electron chi connectivity index (χ1n) is 10.7. The third-order valence-corrected chi connectivity index (χ3v) is 4.09. The van der Waals surface area contributed by atoms with Crippen molar-refractivity contribution in [2.45, 2.75) is 72.1 Å². The van der Waals surface area contributed by atoms with Crippen LogP contribution in [0.5, 0.6) is 0 Å². The molecule has 0 aliphatic rings. The van der Waals surface area contributed by atoms with E-state index in [1.165, 1.54) is 6.08 Å². The Labute approximate surface area is 185 Å². The van der Waals surface area contributed by atoms with E-state index in [9.17, 15) is 14.4 Å². The first kappa shape index (κ1) is 26.2. The predicted octanol–water partition coefficient (Wildman–Crippen LogP) is 3.77. The molecule has 2 atom stereocenters. The van der Waals surface area contributed by atoms with Crippen molar-refractivity contribution in [1.82, 2.24) is 10.6 Å². The van der Waals surface area contributed by atoms with E-state index in [1.807, 2.05) is 44.2 Å². The van der Waals surface area contributed by atoms with Crippen LogP contribution >= 0.6 is 0 Å². The van der Waals surface area contributed by atoms with Crippen molar-refractivity contribution >= 4 is 18.0 Å². The molecule has 0 saturated carbocycles. The van der Waals surface area contributed by atoms with Crippen LogP contribution in [-0.4, -0.2) is 42.3 Å². The van der Waals surface area contributed by atoms with Crippen molar-refractivity contribution in [3.8, 4) is 0 Å². The fourth-order valence-corrected chi connectivity index (χ4v) is 2.87. The highest BCUT2D eigenvalue weighted by Crippen LogP contribution is 2.11. The van der Waals surface area contributed by atoms with Crippen LogP contribution in [0.3, 0.4) is 0 Å². The molecule has 1 aromatic rings. The van der Waals surface area contributed by atoms with E-state index < -0.39 is 23.7 Å². The maximum absolute atomic E-state index is 13.1. The number of carbonyl (C=O) groups excluding carboxylic acids is 3. The van der Waals surface area contributed by atoms with Gasteiger partial charge in [0, 0.05) is 18.5 Å². The molecule has 0 spiro atoms. The lowest BCUT2D eigenvalue weighted by atomic mass is 10.0. The zero-order chi connectivity index (χ0) is 23.4. The molecule has 7 heteroatoms. The second-order valence-corrected chi connectivity index (χ2v) is 8.74. The molecule has 31 heavy (non-hydrogen) atoms. The Morgan fingerprint density at radius 2 is 1.71 bits per heavy atom. The third-order valence-electron chi connectivity index (χ3n) is 4.09. The molecule has 172 valence electrons. The first-order valence-corrected chi connectivity index (χ1v) is 10.7. The molecule has 0 aliphatic heterocycles. The molecule has 0 radical (unpaired) electrons. The third kappa shape index (κ3) is 11.8. The summed E-state index contributed by atoms with van der Waals surface area (Å²) in [6.45, 7) is 11.3. The van der Waals surface area contributed by atoms with Gasteiger partial charge in [-0.3, -0.25) is 4.79 Å². The minimum atomic E-state index is -0.831. The maximum atomic E-state index is 13.1. The normalized spacial score (nSPS) is 13.5. The van der Waals surface area contributed by atoms with Crippen LogP contribution in [0.15, 0.2) is 42.5 Å². The molecule has 2 unspecified atom stereocenters. The van der Waals surface area contributed by atoms with Crippen LogP contribution in [0.4, 0.5) is 4.79 Å². The van der Waals surface area contributed by atoms with Gasteiger partial charge in [-0.25, -0.2) is 9.59 Å². The van der Waals surface area contributed by atoms with Crippen molar-refractivity contribution in [2.75, 3.05) is 6.61 Å². The Morgan fingerprint density at radius 3 is 2.26 bits per heavy atom. The summed E-state index contributed by atoms with van der Waals surface area (Å²) in [6.07, 6.45) is 3.23. The number of rotatable bonds is 10. The van der Waals surface area contributed by atoms with Gasteiger partial charge < -0.3 is 20.1 Å². The SMILES string of the molecule is CCOC(=O)/C=C/C(CC(C)C)NC(=O)C(Cc1ccccc1)NC(=O)OC(C)(C)C. The lowest BCUT2D eigenvalue weighted by molar-refractivity contribution is -0.137. The van der Waals surface area contributed by atoms with E-state index in [-0.39, 0.29) is 24.5 Å². The largest absolute Gasteiger partial charge is 0.463 e. The van der Waals surface area contributed by atoms with Crippen molar-refractivity contribution in [2.24, 2.45) is 5.92 Å². The monoisotopic (exact) mass is 432 g/mol. The highest BCUT2D eigenvalue weighted by molar-refractivity contribution is 5.87. The van der Waals surface area contributed by atoms with Gasteiger partial charge in [0.15, 0.2) is 0 Å². The Kier molecular flexibility index (Phi) is 10.8. The quantitative estimate of drug-likeness (QED) is 0.434. The molecule has 0 aliphatic carbocycles. The summed E-state index contributed by atoms with van der Waals surface area (Å²) in [6, 6.07) is 8.22. The van der Waals surface area contributed by atoms with Crippen molar-refractivity contribution < 1.29 is 23.9 Å². The summed E-state index contributed by atoms with van der Waals surface area (Å²) in [7, 11) is 0. The Hall–Kier alpha value is -2.83. The van der Waals surface area contributed by atoms with E-state index in [0.29, 0.717) is 12.8 Å². The smallest absolute Gasteiger partial charge is 0.408 e. The Balaban J connectivity index is 2.97. The van der Waals surface area contributed by atoms with Gasteiger partial charge in [0.1, 0.15) is 11.6 Å². The van der Waals surface area contributed by atoms with Crippen LogP contribution in [0.25, 0.3) is 0 Å². The maximum Gasteiger partial charge on any atom is 0.408 e. The zero-order valence-corrected chi connectivity index (χ0v) is 19.4. The number of ether oxygens (including phenoxy) is 2. The van der Waals surface area contributed by atoms with Gasteiger partial charge in [-0.2, -0.15) is 0 Å². The van der Waals surface area contributed by atoms with Crippen molar-refractivity contribution in [3.05, 3.63) is 48.0 Å². The lowest BCUT2D eigenvalue weighted by Gasteiger charge is -2.25. The van der Waals surface area contributed by atoms with E-state index in [4.69, 9.17) is 9.47 Å². The molecule has 2 amide bonds. The zero-order valence-electron chi connectivity index (χ0n) is 19.4. The Morgan fingerprint density at radius 1 is 1.06 bits per heavy atom. The van der Waals surface area contributed by atoms with Crippen LogP contribution in [-0.2, 0) is 25.5 Å². The number of nitrogens with one attached hydrogen (secondary N) is 2. The summed E-state index contributed by atoms with van der Waals surface area (Å²) in [5.74, 6) is -0.532. The van der Waals surface area contributed by atoms with Crippen LogP contribution in [0, 0.1) is 5.92 Å². The van der Waals surface area contributed by atoms with E-state index >= 15 is 0 Å². The fraction of sp³-hybridized carbons (Fsp3) is 0.542. The van der Waals surface area contributed by atoms with Crippen molar-refractivity contribution in [3.63, 3.8) is 0 Å². The fourth-order valence-electron chi connectivity index (χ4n) is 2.87. The minimum absolute atomic E-state index is 0.281. The first-order chi connectivity index (χ1) is 14.5. The molecule has 1 aromatic carbocycles. The summed E-state index contributed by atoms with van der Waals surface area (Å²) >= 11 is 0. The number of carbonyl (C=O) groups is 3. The highest BCUT2D eigenvalue weighted by atomic mass is 16.6. The number of alkyl carbamates (subject to hydrolysis) is 1. The predicted molar refractivity (Wildman–Crippen MR) is 120 cm³/mol. The van der Waals surface area contributed by atoms with Gasteiger partial charge in [-0.15, -0.1) is 0 Å². The standard InChI is InChI=1S/C24H36N2O5/c1-7-30-21(27)14-13-19(15-17(2)3)25-22(28)20(16-18-11-9-8-10-12-18)26-23(29)31-24(4,5)6/h8-14,17,19-20H,7,15-16H2,1-6H3,(H,25,28)(H,26,29)/b14-13+. The van der Waals surface area contributed by atoms with Crippen LogP contribution < -0.4 is 10.6 Å². The van der Waals surface area contributed by atoms with Gasteiger partial charge in [0.25, 0.3) is 0 Å². The molecule has 1 rings (SSSR count). The molecule has 0 aromatic heterocycles. The summed E-state index contributed by atoms with van der Waals surface area (Å²) in [5, 5.41) is 5.61. The second kappa shape index (κ2) is 12.8. The molecule has 7 nitrogen and oxygen atoms in total. The number of benzene rings is 1. The molecular weight excluding hydrogens is 396 g/mol. The minimum Gasteiger partial charge on any atom is -0.463 e. The molecule has 0 heterocycles.